The van der Waals surface area contributed by atoms with Crippen molar-refractivity contribution in [2.45, 2.75) is 43.6 Å². The molecule has 0 unspecified atom stereocenters. The summed E-state index contributed by atoms with van der Waals surface area (Å²) in [6.07, 6.45) is 4.44. The second-order valence-corrected chi connectivity index (χ2v) is 5.27. The largest absolute Gasteiger partial charge is 0.373 e. The molecule has 15 heavy (non-hydrogen) atoms. The molecule has 2 heterocycles. The molecule has 1 spiro atoms. The van der Waals surface area contributed by atoms with E-state index >= 15 is 0 Å². The number of alkyl halides is 1. The van der Waals surface area contributed by atoms with Crippen molar-refractivity contribution in [3.8, 4) is 0 Å². The molecule has 0 bridgehead atoms. The van der Waals surface area contributed by atoms with E-state index in [-0.39, 0.29) is 11.5 Å². The van der Waals surface area contributed by atoms with Gasteiger partial charge in [0, 0.05) is 19.7 Å². The highest BCUT2D eigenvalue weighted by atomic mass is 35.5. The summed E-state index contributed by atoms with van der Waals surface area (Å²) >= 11 is 5.80. The van der Waals surface area contributed by atoms with Crippen molar-refractivity contribution in [1.82, 2.24) is 4.90 Å². The van der Waals surface area contributed by atoms with Crippen LogP contribution in [0, 0.1) is 0 Å². The first kappa shape index (κ1) is 11.2. The molecular weight excluding hydrogens is 214 g/mol. The third-order valence-corrected chi connectivity index (χ3v) is 3.59. The summed E-state index contributed by atoms with van der Waals surface area (Å²) in [5.74, 6) is 0.0442. The highest BCUT2D eigenvalue weighted by Crippen LogP contribution is 2.34. The van der Waals surface area contributed by atoms with Crippen LogP contribution >= 0.6 is 11.6 Å². The zero-order chi connectivity index (χ0) is 10.9. The maximum absolute atomic E-state index is 11.7. The molecule has 2 saturated heterocycles. The zero-order valence-corrected chi connectivity index (χ0v) is 9.92. The maximum Gasteiger partial charge on any atom is 0.240 e. The molecule has 3 nitrogen and oxygen atoms in total. The van der Waals surface area contributed by atoms with Crippen LogP contribution in [0.2, 0.25) is 0 Å². The van der Waals surface area contributed by atoms with Gasteiger partial charge in [-0.3, -0.25) is 4.79 Å². The predicted octanol–water partition coefficient (Wildman–Crippen LogP) is 1.79. The fourth-order valence-corrected chi connectivity index (χ4v) is 2.65. The smallest absolute Gasteiger partial charge is 0.240 e. The molecule has 0 aromatic rings. The molecule has 4 heteroatoms. The number of ether oxygens (including phenoxy) is 1. The lowest BCUT2D eigenvalue weighted by Crippen LogP contribution is -2.42. The van der Waals surface area contributed by atoms with Crippen LogP contribution in [0.15, 0.2) is 0 Å². The summed E-state index contributed by atoms with van der Waals surface area (Å²) in [5, 5.41) is -0.413. The maximum atomic E-state index is 11.7. The lowest BCUT2D eigenvalue weighted by molar-refractivity contribution is -0.132. The summed E-state index contributed by atoms with van der Waals surface area (Å²) in [6, 6.07) is 0. The van der Waals surface area contributed by atoms with Gasteiger partial charge >= 0.3 is 0 Å². The van der Waals surface area contributed by atoms with Gasteiger partial charge in [-0.25, -0.2) is 0 Å². The van der Waals surface area contributed by atoms with Crippen molar-refractivity contribution in [3.05, 3.63) is 0 Å². The van der Waals surface area contributed by atoms with Crippen molar-refractivity contribution in [2.75, 3.05) is 19.7 Å². The Bertz CT molecular complexity index is 249. The minimum atomic E-state index is -0.413. The van der Waals surface area contributed by atoms with E-state index in [1.165, 1.54) is 6.42 Å². The third-order valence-electron chi connectivity index (χ3n) is 3.40. The van der Waals surface area contributed by atoms with E-state index in [9.17, 15) is 4.79 Å². The van der Waals surface area contributed by atoms with Gasteiger partial charge in [0.2, 0.25) is 5.91 Å². The van der Waals surface area contributed by atoms with Crippen LogP contribution in [-0.4, -0.2) is 41.5 Å². The van der Waals surface area contributed by atoms with Crippen molar-refractivity contribution in [3.63, 3.8) is 0 Å². The Morgan fingerprint density at radius 1 is 1.47 bits per heavy atom. The van der Waals surface area contributed by atoms with Gasteiger partial charge in [-0.15, -0.1) is 11.6 Å². The first-order chi connectivity index (χ1) is 7.13. The van der Waals surface area contributed by atoms with Crippen LogP contribution in [0.25, 0.3) is 0 Å². The minimum absolute atomic E-state index is 0.0420. The van der Waals surface area contributed by atoms with Gasteiger partial charge in [0.15, 0.2) is 0 Å². The monoisotopic (exact) mass is 231 g/mol. The Balaban J connectivity index is 1.96. The minimum Gasteiger partial charge on any atom is -0.373 e. The van der Waals surface area contributed by atoms with Crippen LogP contribution in [0.4, 0.5) is 0 Å². The van der Waals surface area contributed by atoms with Gasteiger partial charge in [0.05, 0.1) is 5.60 Å². The molecule has 0 aromatic heterocycles. The fraction of sp³-hybridized carbons (Fsp3) is 0.909. The second-order valence-electron chi connectivity index (χ2n) is 4.61. The second kappa shape index (κ2) is 4.30. The van der Waals surface area contributed by atoms with Crippen LogP contribution in [-0.2, 0) is 9.53 Å². The Kier molecular flexibility index (Phi) is 3.21. The number of amides is 1. The van der Waals surface area contributed by atoms with Gasteiger partial charge in [0.25, 0.3) is 0 Å². The molecule has 2 aliphatic rings. The predicted molar refractivity (Wildman–Crippen MR) is 59.0 cm³/mol. The number of carbonyl (C=O) groups excluding carboxylic acids is 1. The van der Waals surface area contributed by atoms with E-state index in [2.05, 4.69) is 0 Å². The molecule has 2 rings (SSSR count). The van der Waals surface area contributed by atoms with E-state index in [1.54, 1.807) is 6.92 Å². The Labute approximate surface area is 95.7 Å². The normalized spacial score (nSPS) is 33.3. The molecule has 0 N–H and O–H groups in total. The molecular formula is C11H18ClNO2. The molecule has 0 saturated carbocycles. The third kappa shape index (κ3) is 2.28. The number of nitrogens with zero attached hydrogens (tertiary/aromatic N) is 1. The number of hydrogen-bond acceptors (Lipinski definition) is 2. The van der Waals surface area contributed by atoms with E-state index in [0.717, 1.165) is 39.0 Å². The van der Waals surface area contributed by atoms with E-state index in [0.29, 0.717) is 0 Å². The summed E-state index contributed by atoms with van der Waals surface area (Å²) in [5.41, 5.74) is -0.0420. The quantitative estimate of drug-likeness (QED) is 0.644. The van der Waals surface area contributed by atoms with Gasteiger partial charge in [0.1, 0.15) is 5.38 Å². The van der Waals surface area contributed by atoms with Crippen molar-refractivity contribution in [2.24, 2.45) is 0 Å². The van der Waals surface area contributed by atoms with E-state index < -0.39 is 5.38 Å². The average molecular weight is 232 g/mol. The summed E-state index contributed by atoms with van der Waals surface area (Å²) in [4.78, 5) is 13.6. The number of rotatable bonds is 1. The molecule has 2 fully saturated rings. The number of halogens is 1. The lowest BCUT2D eigenvalue weighted by Gasteiger charge is -2.33. The van der Waals surface area contributed by atoms with Gasteiger partial charge in [-0.1, -0.05) is 0 Å². The summed E-state index contributed by atoms with van der Waals surface area (Å²) in [7, 11) is 0. The Hall–Kier alpha value is -0.280. The molecule has 0 aliphatic carbocycles. The Morgan fingerprint density at radius 2 is 2.27 bits per heavy atom. The zero-order valence-electron chi connectivity index (χ0n) is 9.17. The molecule has 1 amide bonds. The van der Waals surface area contributed by atoms with Crippen LogP contribution in [0.3, 0.4) is 0 Å². The summed E-state index contributed by atoms with van der Waals surface area (Å²) in [6.45, 7) is 4.12. The standard InChI is InChI=1S/C11H18ClNO2/c1-9(12)10(14)13-6-5-11(8-13)4-2-3-7-15-11/h9H,2-8H2,1H3/t9-,11-/m0/s1. The molecule has 2 atom stereocenters. The summed E-state index contributed by atoms with van der Waals surface area (Å²) < 4.78 is 5.85. The fourth-order valence-electron chi connectivity index (χ4n) is 2.52. The molecule has 0 aromatic carbocycles. The lowest BCUT2D eigenvalue weighted by atomic mass is 9.93. The van der Waals surface area contributed by atoms with Crippen LogP contribution < -0.4 is 0 Å². The number of hydrogen-bond donors (Lipinski definition) is 0. The van der Waals surface area contributed by atoms with Crippen LogP contribution in [0.5, 0.6) is 0 Å². The molecule has 2 aliphatic heterocycles. The van der Waals surface area contributed by atoms with Gasteiger partial charge < -0.3 is 9.64 Å². The van der Waals surface area contributed by atoms with E-state index in [1.807, 2.05) is 4.90 Å². The van der Waals surface area contributed by atoms with Crippen molar-refractivity contribution >= 4 is 17.5 Å². The molecule has 86 valence electrons. The van der Waals surface area contributed by atoms with Gasteiger partial charge in [-0.2, -0.15) is 0 Å². The highest BCUT2D eigenvalue weighted by molar-refractivity contribution is 6.30. The number of likely N-dealkylation sites (tertiary alicyclic amines) is 1. The van der Waals surface area contributed by atoms with Crippen molar-refractivity contribution < 1.29 is 9.53 Å². The average Bonchev–Trinajstić information content (AvgIpc) is 2.62. The number of carbonyl (C=O) groups is 1. The topological polar surface area (TPSA) is 29.5 Å². The Morgan fingerprint density at radius 3 is 2.87 bits per heavy atom. The SMILES string of the molecule is C[C@H](Cl)C(=O)N1CC[C@@]2(CCCCO2)C1. The highest BCUT2D eigenvalue weighted by Gasteiger charge is 2.42. The molecule has 0 radical (unpaired) electrons. The first-order valence-corrected chi connectivity index (χ1v) is 6.13. The van der Waals surface area contributed by atoms with Crippen LogP contribution in [0.1, 0.15) is 32.6 Å². The van der Waals surface area contributed by atoms with Crippen molar-refractivity contribution in [1.29, 1.82) is 0 Å². The first-order valence-electron chi connectivity index (χ1n) is 5.70. The van der Waals surface area contributed by atoms with E-state index in [4.69, 9.17) is 16.3 Å². The van der Waals surface area contributed by atoms with Gasteiger partial charge in [-0.05, 0) is 32.6 Å².